The predicted octanol–water partition coefficient (Wildman–Crippen LogP) is 4.06. The van der Waals surface area contributed by atoms with Crippen LogP contribution in [-0.4, -0.2) is 17.5 Å². The molecule has 0 aliphatic heterocycles. The number of ether oxygens (including phenoxy) is 1. The summed E-state index contributed by atoms with van der Waals surface area (Å²) in [6, 6.07) is 12.2. The van der Waals surface area contributed by atoms with E-state index < -0.39 is 0 Å². The normalized spacial score (nSPS) is 10.4. The van der Waals surface area contributed by atoms with Crippen molar-refractivity contribution in [3.05, 3.63) is 58.4 Å². The van der Waals surface area contributed by atoms with Gasteiger partial charge >= 0.3 is 0 Å². The molecule has 24 heavy (non-hydrogen) atoms. The Bertz CT molecular complexity index is 836. The molecule has 0 saturated heterocycles. The van der Waals surface area contributed by atoms with E-state index in [9.17, 15) is 4.79 Å². The van der Waals surface area contributed by atoms with Crippen molar-refractivity contribution in [3.63, 3.8) is 0 Å². The number of nitrogens with zero attached hydrogens (tertiary/aromatic N) is 1. The van der Waals surface area contributed by atoms with E-state index in [0.29, 0.717) is 22.1 Å². The van der Waals surface area contributed by atoms with E-state index in [2.05, 4.69) is 10.3 Å². The molecule has 3 aromatic rings. The monoisotopic (exact) mass is 359 g/mol. The number of nitrogen functional groups attached to an aromatic ring is 1. The molecule has 1 aromatic heterocycles. The van der Waals surface area contributed by atoms with Crippen LogP contribution in [0.1, 0.15) is 0 Å². The fourth-order valence-electron chi connectivity index (χ4n) is 2.07. The first-order valence-electron chi connectivity index (χ1n) is 7.08. The maximum Gasteiger partial charge on any atom is 0.262 e. The Balaban J connectivity index is 1.60. The quantitative estimate of drug-likeness (QED) is 0.673. The van der Waals surface area contributed by atoms with Crippen LogP contribution >= 0.6 is 22.9 Å². The van der Waals surface area contributed by atoms with Gasteiger partial charge in [-0.05, 0) is 42.5 Å². The Morgan fingerprint density at radius 1 is 1.25 bits per heavy atom. The summed E-state index contributed by atoms with van der Waals surface area (Å²) in [6.07, 6.45) is 0. The molecule has 122 valence electrons. The van der Waals surface area contributed by atoms with Crippen LogP contribution in [0.15, 0.2) is 53.4 Å². The average molecular weight is 360 g/mol. The van der Waals surface area contributed by atoms with E-state index in [4.69, 9.17) is 22.1 Å². The Morgan fingerprint density at radius 2 is 2.04 bits per heavy atom. The van der Waals surface area contributed by atoms with Crippen LogP contribution in [0, 0.1) is 0 Å². The van der Waals surface area contributed by atoms with E-state index in [1.165, 1.54) is 11.3 Å². The third kappa shape index (κ3) is 4.04. The van der Waals surface area contributed by atoms with Gasteiger partial charge in [0.25, 0.3) is 5.91 Å². The molecule has 0 bridgehead atoms. The first-order valence-corrected chi connectivity index (χ1v) is 8.40. The lowest BCUT2D eigenvalue weighted by atomic mass is 10.1. The molecule has 2 aromatic carbocycles. The van der Waals surface area contributed by atoms with Crippen LogP contribution in [0.4, 0.5) is 11.4 Å². The minimum atomic E-state index is -0.277. The van der Waals surface area contributed by atoms with Crippen molar-refractivity contribution in [2.75, 3.05) is 17.7 Å². The standard InChI is InChI=1S/C17H14ClN3O2S/c18-12-2-4-13(5-3-12)21-17(22)8-23-16-6-1-11(7-14(16)19)15-9-24-10-20-15/h1-7,9-10H,8,19H2,(H,21,22). The van der Waals surface area contributed by atoms with E-state index in [1.807, 2.05) is 11.4 Å². The average Bonchev–Trinajstić information content (AvgIpc) is 3.10. The summed E-state index contributed by atoms with van der Waals surface area (Å²) < 4.78 is 5.49. The van der Waals surface area contributed by atoms with Gasteiger partial charge in [0.05, 0.1) is 16.9 Å². The molecule has 0 fully saturated rings. The molecule has 7 heteroatoms. The minimum absolute atomic E-state index is 0.136. The Hall–Kier alpha value is -2.57. The lowest BCUT2D eigenvalue weighted by Crippen LogP contribution is -2.20. The van der Waals surface area contributed by atoms with Crippen LogP contribution in [0.25, 0.3) is 11.3 Å². The lowest BCUT2D eigenvalue weighted by Gasteiger charge is -2.10. The number of anilines is 2. The molecular formula is C17H14ClN3O2S. The van der Waals surface area contributed by atoms with Gasteiger partial charge < -0.3 is 15.8 Å². The summed E-state index contributed by atoms with van der Waals surface area (Å²) >= 11 is 7.32. The van der Waals surface area contributed by atoms with E-state index in [0.717, 1.165) is 11.3 Å². The van der Waals surface area contributed by atoms with Crippen molar-refractivity contribution < 1.29 is 9.53 Å². The Kier molecular flexibility index (Phi) is 4.98. The topological polar surface area (TPSA) is 77.2 Å². The number of carbonyl (C=O) groups is 1. The maximum absolute atomic E-state index is 11.9. The van der Waals surface area contributed by atoms with Crippen molar-refractivity contribution >= 4 is 40.2 Å². The van der Waals surface area contributed by atoms with Gasteiger partial charge in [-0.2, -0.15) is 0 Å². The highest BCUT2D eigenvalue weighted by Gasteiger charge is 2.08. The molecule has 0 atom stereocenters. The maximum atomic E-state index is 11.9. The molecule has 1 amide bonds. The third-order valence-electron chi connectivity index (χ3n) is 3.22. The highest BCUT2D eigenvalue weighted by atomic mass is 35.5. The molecular weight excluding hydrogens is 346 g/mol. The van der Waals surface area contributed by atoms with Crippen molar-refractivity contribution in [3.8, 4) is 17.0 Å². The Morgan fingerprint density at radius 3 is 2.71 bits per heavy atom. The molecule has 0 aliphatic rings. The summed E-state index contributed by atoms with van der Waals surface area (Å²) in [5.74, 6) is 0.181. The number of carbonyl (C=O) groups excluding carboxylic acids is 1. The van der Waals surface area contributed by atoms with Gasteiger partial charge in [0.15, 0.2) is 6.61 Å². The second-order valence-corrected chi connectivity index (χ2v) is 6.13. The van der Waals surface area contributed by atoms with Gasteiger partial charge in [-0.15, -0.1) is 11.3 Å². The van der Waals surface area contributed by atoms with Crippen molar-refractivity contribution in [1.29, 1.82) is 0 Å². The number of nitrogens with two attached hydrogens (primary N) is 1. The molecule has 0 radical (unpaired) electrons. The molecule has 1 heterocycles. The van der Waals surface area contributed by atoms with Crippen LogP contribution in [0.5, 0.6) is 5.75 Å². The number of hydrogen-bond donors (Lipinski definition) is 2. The number of benzene rings is 2. The van der Waals surface area contributed by atoms with Gasteiger partial charge in [-0.1, -0.05) is 11.6 Å². The highest BCUT2D eigenvalue weighted by molar-refractivity contribution is 7.07. The summed E-state index contributed by atoms with van der Waals surface area (Å²) in [6.45, 7) is -0.136. The molecule has 3 rings (SSSR count). The number of nitrogens with one attached hydrogen (secondary N) is 1. The summed E-state index contributed by atoms with van der Waals surface area (Å²) in [5, 5.41) is 5.27. The molecule has 0 saturated carbocycles. The van der Waals surface area contributed by atoms with Gasteiger partial charge in [0, 0.05) is 21.7 Å². The number of aromatic nitrogens is 1. The van der Waals surface area contributed by atoms with Gasteiger partial charge in [0.2, 0.25) is 0 Å². The number of thiazole rings is 1. The second-order valence-electron chi connectivity index (χ2n) is 4.97. The predicted molar refractivity (Wildman–Crippen MR) is 97.5 cm³/mol. The zero-order valence-corrected chi connectivity index (χ0v) is 14.1. The number of amides is 1. The fraction of sp³-hybridized carbons (Fsp3) is 0.0588. The first-order chi connectivity index (χ1) is 11.6. The molecule has 5 nitrogen and oxygen atoms in total. The SMILES string of the molecule is Nc1cc(-c2cscn2)ccc1OCC(=O)Nc1ccc(Cl)cc1. The van der Waals surface area contributed by atoms with Gasteiger partial charge in [-0.25, -0.2) is 4.98 Å². The number of rotatable bonds is 5. The summed E-state index contributed by atoms with van der Waals surface area (Å²) in [7, 11) is 0. The molecule has 0 spiro atoms. The van der Waals surface area contributed by atoms with Crippen LogP contribution < -0.4 is 15.8 Å². The van der Waals surface area contributed by atoms with Crippen LogP contribution in [0.2, 0.25) is 5.02 Å². The minimum Gasteiger partial charge on any atom is -0.482 e. The van der Waals surface area contributed by atoms with E-state index in [1.54, 1.807) is 41.9 Å². The first kappa shape index (κ1) is 16.3. The number of halogens is 1. The van der Waals surface area contributed by atoms with Crippen molar-refractivity contribution in [1.82, 2.24) is 4.98 Å². The zero-order chi connectivity index (χ0) is 16.9. The lowest BCUT2D eigenvalue weighted by molar-refractivity contribution is -0.118. The largest absolute Gasteiger partial charge is 0.482 e. The molecule has 0 unspecified atom stereocenters. The number of hydrogen-bond acceptors (Lipinski definition) is 5. The van der Waals surface area contributed by atoms with E-state index >= 15 is 0 Å². The molecule has 3 N–H and O–H groups in total. The fourth-order valence-corrected chi connectivity index (χ4v) is 2.76. The van der Waals surface area contributed by atoms with Crippen LogP contribution in [0.3, 0.4) is 0 Å². The highest BCUT2D eigenvalue weighted by Crippen LogP contribution is 2.28. The second kappa shape index (κ2) is 7.33. The zero-order valence-electron chi connectivity index (χ0n) is 12.5. The Labute approximate surface area is 148 Å². The van der Waals surface area contributed by atoms with Crippen molar-refractivity contribution in [2.45, 2.75) is 0 Å². The summed E-state index contributed by atoms with van der Waals surface area (Å²) in [5.41, 5.74) is 10.6. The smallest absolute Gasteiger partial charge is 0.262 e. The molecule has 0 aliphatic carbocycles. The summed E-state index contributed by atoms with van der Waals surface area (Å²) in [4.78, 5) is 16.2. The van der Waals surface area contributed by atoms with Gasteiger partial charge in [0.1, 0.15) is 5.75 Å². The van der Waals surface area contributed by atoms with Gasteiger partial charge in [-0.3, -0.25) is 4.79 Å². The van der Waals surface area contributed by atoms with Crippen LogP contribution in [-0.2, 0) is 4.79 Å². The van der Waals surface area contributed by atoms with Crippen molar-refractivity contribution in [2.24, 2.45) is 0 Å². The third-order valence-corrected chi connectivity index (χ3v) is 4.06. The van der Waals surface area contributed by atoms with E-state index in [-0.39, 0.29) is 12.5 Å².